The molecular weight excluding hydrogens is 298 g/mol. The van der Waals surface area contributed by atoms with E-state index in [0.29, 0.717) is 13.2 Å². The standard InChI is InChI=1S/C21H45NO2/c1-3-5-7-9-11-12-14-16-18-24-20-21(23)19-22-17-15-13-10-8-6-4-2/h21-23H,3-20H2,1-2H3. The predicted octanol–water partition coefficient (Wildman–Crippen LogP) is 5.45. The highest BCUT2D eigenvalue weighted by Crippen LogP contribution is 2.08. The van der Waals surface area contributed by atoms with Crippen molar-refractivity contribution in [3.8, 4) is 0 Å². The Balaban J connectivity index is 3.11. The minimum atomic E-state index is -0.362. The molecule has 0 amide bonds. The Labute approximate surface area is 151 Å². The van der Waals surface area contributed by atoms with Crippen molar-refractivity contribution in [2.24, 2.45) is 0 Å². The Morgan fingerprint density at radius 2 is 1.21 bits per heavy atom. The third-order valence-corrected chi connectivity index (χ3v) is 4.54. The van der Waals surface area contributed by atoms with Gasteiger partial charge in [0.15, 0.2) is 0 Å². The molecule has 0 fully saturated rings. The first kappa shape index (κ1) is 23.9. The van der Waals surface area contributed by atoms with Crippen LogP contribution in [0.15, 0.2) is 0 Å². The second-order valence-corrected chi connectivity index (χ2v) is 7.18. The molecule has 0 saturated carbocycles. The lowest BCUT2D eigenvalue weighted by Crippen LogP contribution is -2.31. The molecule has 3 heteroatoms. The quantitative estimate of drug-likeness (QED) is 0.289. The highest BCUT2D eigenvalue weighted by molar-refractivity contribution is 4.59. The van der Waals surface area contributed by atoms with Crippen molar-refractivity contribution in [2.75, 3.05) is 26.3 Å². The highest BCUT2D eigenvalue weighted by atomic mass is 16.5. The molecule has 24 heavy (non-hydrogen) atoms. The van der Waals surface area contributed by atoms with Crippen LogP contribution in [-0.4, -0.2) is 37.5 Å². The third-order valence-electron chi connectivity index (χ3n) is 4.54. The summed E-state index contributed by atoms with van der Waals surface area (Å²) in [5.74, 6) is 0. The topological polar surface area (TPSA) is 41.5 Å². The van der Waals surface area contributed by atoms with Gasteiger partial charge in [0.2, 0.25) is 0 Å². The van der Waals surface area contributed by atoms with Crippen molar-refractivity contribution < 1.29 is 9.84 Å². The van der Waals surface area contributed by atoms with Gasteiger partial charge in [-0.25, -0.2) is 0 Å². The number of rotatable bonds is 20. The minimum Gasteiger partial charge on any atom is -0.389 e. The lowest BCUT2D eigenvalue weighted by molar-refractivity contribution is 0.0355. The fourth-order valence-electron chi connectivity index (χ4n) is 2.92. The third kappa shape index (κ3) is 19.9. The van der Waals surface area contributed by atoms with Gasteiger partial charge in [-0.3, -0.25) is 0 Å². The van der Waals surface area contributed by atoms with Crippen molar-refractivity contribution >= 4 is 0 Å². The fourth-order valence-corrected chi connectivity index (χ4v) is 2.92. The van der Waals surface area contributed by atoms with Gasteiger partial charge in [0.25, 0.3) is 0 Å². The molecule has 0 aromatic carbocycles. The monoisotopic (exact) mass is 343 g/mol. The Morgan fingerprint density at radius 1 is 0.708 bits per heavy atom. The van der Waals surface area contributed by atoms with Gasteiger partial charge in [-0.05, 0) is 19.4 Å². The highest BCUT2D eigenvalue weighted by Gasteiger charge is 2.03. The van der Waals surface area contributed by atoms with Crippen molar-refractivity contribution in [2.45, 2.75) is 110 Å². The van der Waals surface area contributed by atoms with Crippen LogP contribution in [-0.2, 0) is 4.74 Å². The summed E-state index contributed by atoms with van der Waals surface area (Å²) in [6, 6.07) is 0. The molecule has 0 heterocycles. The zero-order chi connectivity index (χ0) is 17.7. The fraction of sp³-hybridized carbons (Fsp3) is 1.00. The lowest BCUT2D eigenvalue weighted by Gasteiger charge is -2.12. The molecule has 1 unspecified atom stereocenters. The zero-order valence-electron chi connectivity index (χ0n) is 16.7. The van der Waals surface area contributed by atoms with Gasteiger partial charge in [0.1, 0.15) is 0 Å². The summed E-state index contributed by atoms with van der Waals surface area (Å²) in [6.07, 6.45) is 18.1. The summed E-state index contributed by atoms with van der Waals surface area (Å²) in [7, 11) is 0. The number of ether oxygens (including phenoxy) is 1. The van der Waals surface area contributed by atoms with Crippen LogP contribution in [0.3, 0.4) is 0 Å². The first-order valence-corrected chi connectivity index (χ1v) is 10.8. The SMILES string of the molecule is CCCCCCCCCCOCC(O)CNCCCCCCCC. The summed E-state index contributed by atoms with van der Waals surface area (Å²) in [5.41, 5.74) is 0. The molecule has 0 rings (SSSR count). The van der Waals surface area contributed by atoms with Gasteiger partial charge >= 0.3 is 0 Å². The predicted molar refractivity (Wildman–Crippen MR) is 106 cm³/mol. The zero-order valence-corrected chi connectivity index (χ0v) is 16.7. The van der Waals surface area contributed by atoms with Gasteiger partial charge in [-0.1, -0.05) is 90.9 Å². The van der Waals surface area contributed by atoms with E-state index in [0.717, 1.165) is 19.6 Å². The van der Waals surface area contributed by atoms with E-state index >= 15 is 0 Å². The molecule has 0 bridgehead atoms. The van der Waals surface area contributed by atoms with E-state index in [-0.39, 0.29) is 6.10 Å². The molecule has 0 aliphatic carbocycles. The first-order valence-electron chi connectivity index (χ1n) is 10.8. The maximum Gasteiger partial charge on any atom is 0.0897 e. The van der Waals surface area contributed by atoms with E-state index in [1.165, 1.54) is 83.5 Å². The molecule has 0 saturated heterocycles. The Hall–Kier alpha value is -0.120. The summed E-state index contributed by atoms with van der Waals surface area (Å²) in [6.45, 7) is 7.45. The Morgan fingerprint density at radius 3 is 1.79 bits per heavy atom. The molecule has 0 aliphatic heterocycles. The molecule has 0 aliphatic rings. The molecule has 0 radical (unpaired) electrons. The van der Waals surface area contributed by atoms with E-state index in [9.17, 15) is 5.11 Å². The average Bonchev–Trinajstić information content (AvgIpc) is 2.59. The molecular formula is C21H45NO2. The van der Waals surface area contributed by atoms with Crippen LogP contribution in [0.25, 0.3) is 0 Å². The van der Waals surface area contributed by atoms with Gasteiger partial charge < -0.3 is 15.2 Å². The largest absolute Gasteiger partial charge is 0.389 e. The number of nitrogens with one attached hydrogen (secondary N) is 1. The summed E-state index contributed by atoms with van der Waals surface area (Å²) < 4.78 is 5.57. The second-order valence-electron chi connectivity index (χ2n) is 7.18. The maximum absolute atomic E-state index is 9.86. The Bertz CT molecular complexity index is 224. The van der Waals surface area contributed by atoms with Crippen LogP contribution in [0.4, 0.5) is 0 Å². The van der Waals surface area contributed by atoms with Gasteiger partial charge in [-0.15, -0.1) is 0 Å². The molecule has 0 aromatic heterocycles. The number of aliphatic hydroxyl groups is 1. The molecule has 3 nitrogen and oxygen atoms in total. The van der Waals surface area contributed by atoms with Crippen molar-refractivity contribution in [3.05, 3.63) is 0 Å². The second kappa shape index (κ2) is 20.9. The normalized spacial score (nSPS) is 12.6. The van der Waals surface area contributed by atoms with Crippen LogP contribution in [0, 0.1) is 0 Å². The van der Waals surface area contributed by atoms with Gasteiger partial charge in [0.05, 0.1) is 12.7 Å². The number of unbranched alkanes of at least 4 members (excludes halogenated alkanes) is 12. The molecule has 2 N–H and O–H groups in total. The van der Waals surface area contributed by atoms with Crippen molar-refractivity contribution in [1.82, 2.24) is 5.32 Å². The lowest BCUT2D eigenvalue weighted by atomic mass is 10.1. The number of hydrogen-bond donors (Lipinski definition) is 2. The smallest absolute Gasteiger partial charge is 0.0897 e. The van der Waals surface area contributed by atoms with E-state index in [1.54, 1.807) is 0 Å². The van der Waals surface area contributed by atoms with E-state index in [2.05, 4.69) is 19.2 Å². The van der Waals surface area contributed by atoms with E-state index in [1.807, 2.05) is 0 Å². The molecule has 0 spiro atoms. The minimum absolute atomic E-state index is 0.362. The Kier molecular flexibility index (Phi) is 20.8. The first-order chi connectivity index (χ1) is 11.8. The van der Waals surface area contributed by atoms with E-state index in [4.69, 9.17) is 4.74 Å². The van der Waals surface area contributed by atoms with Crippen LogP contribution >= 0.6 is 0 Å². The van der Waals surface area contributed by atoms with Crippen LogP contribution in [0.1, 0.15) is 104 Å². The van der Waals surface area contributed by atoms with Crippen LogP contribution in [0.5, 0.6) is 0 Å². The van der Waals surface area contributed by atoms with Crippen molar-refractivity contribution in [1.29, 1.82) is 0 Å². The van der Waals surface area contributed by atoms with Crippen LogP contribution in [0.2, 0.25) is 0 Å². The van der Waals surface area contributed by atoms with Crippen molar-refractivity contribution in [3.63, 3.8) is 0 Å². The molecule has 0 aromatic rings. The summed E-state index contributed by atoms with van der Waals surface area (Å²) in [4.78, 5) is 0. The molecule has 1 atom stereocenters. The molecule has 146 valence electrons. The number of hydrogen-bond acceptors (Lipinski definition) is 3. The average molecular weight is 344 g/mol. The summed E-state index contributed by atoms with van der Waals surface area (Å²) in [5, 5.41) is 13.2. The summed E-state index contributed by atoms with van der Waals surface area (Å²) >= 11 is 0. The van der Waals surface area contributed by atoms with Crippen LogP contribution < -0.4 is 5.32 Å². The number of aliphatic hydroxyl groups excluding tert-OH is 1. The van der Waals surface area contributed by atoms with Gasteiger partial charge in [0, 0.05) is 13.2 Å². The van der Waals surface area contributed by atoms with Gasteiger partial charge in [-0.2, -0.15) is 0 Å². The maximum atomic E-state index is 9.86. The van der Waals surface area contributed by atoms with E-state index < -0.39 is 0 Å².